The summed E-state index contributed by atoms with van der Waals surface area (Å²) in [7, 11) is 0. The van der Waals surface area contributed by atoms with Crippen LogP contribution in [0.3, 0.4) is 0 Å². The lowest BCUT2D eigenvalue weighted by Crippen LogP contribution is -2.40. The van der Waals surface area contributed by atoms with Crippen LogP contribution < -0.4 is 10.6 Å². The SMILES string of the molecule is CCCCCC(Cl)CCCNC(=O)NC(=O)c1c(F)cccc1F. The molecule has 3 amide bonds. The third-order valence-corrected chi connectivity index (χ3v) is 3.95. The maximum absolute atomic E-state index is 13.4. The van der Waals surface area contributed by atoms with Crippen LogP contribution in [0.25, 0.3) is 0 Å². The first-order valence-corrected chi connectivity index (χ1v) is 8.56. The molecule has 0 spiro atoms. The highest BCUT2D eigenvalue weighted by Gasteiger charge is 2.18. The monoisotopic (exact) mass is 360 g/mol. The number of hydrogen-bond donors (Lipinski definition) is 2. The highest BCUT2D eigenvalue weighted by molar-refractivity contribution is 6.20. The first-order valence-electron chi connectivity index (χ1n) is 8.13. The quantitative estimate of drug-likeness (QED) is 0.507. The van der Waals surface area contributed by atoms with E-state index in [-0.39, 0.29) is 5.38 Å². The normalized spacial score (nSPS) is 11.8. The first kappa shape index (κ1) is 20.4. The van der Waals surface area contributed by atoms with Crippen LogP contribution in [0.15, 0.2) is 18.2 Å². The number of alkyl halides is 1. The fourth-order valence-corrected chi connectivity index (χ4v) is 2.52. The van der Waals surface area contributed by atoms with E-state index < -0.39 is 29.1 Å². The van der Waals surface area contributed by atoms with E-state index in [1.165, 1.54) is 0 Å². The zero-order valence-electron chi connectivity index (χ0n) is 13.7. The Morgan fingerprint density at radius 2 is 1.75 bits per heavy atom. The summed E-state index contributed by atoms with van der Waals surface area (Å²) in [6.45, 7) is 2.45. The Kier molecular flexibility index (Phi) is 9.30. The van der Waals surface area contributed by atoms with Crippen molar-refractivity contribution < 1.29 is 18.4 Å². The van der Waals surface area contributed by atoms with Crippen LogP contribution in [-0.4, -0.2) is 23.9 Å². The van der Waals surface area contributed by atoms with Crippen LogP contribution in [0.1, 0.15) is 55.8 Å². The summed E-state index contributed by atoms with van der Waals surface area (Å²) >= 11 is 6.17. The average Bonchev–Trinajstić information content (AvgIpc) is 2.51. The zero-order valence-corrected chi connectivity index (χ0v) is 14.5. The van der Waals surface area contributed by atoms with Gasteiger partial charge in [0.1, 0.15) is 17.2 Å². The van der Waals surface area contributed by atoms with Gasteiger partial charge in [0.05, 0.1) is 0 Å². The van der Waals surface area contributed by atoms with E-state index in [9.17, 15) is 18.4 Å². The molecule has 0 saturated carbocycles. The molecule has 7 heteroatoms. The smallest absolute Gasteiger partial charge is 0.321 e. The number of halogens is 3. The maximum atomic E-state index is 13.4. The third-order valence-electron chi connectivity index (χ3n) is 3.52. The van der Waals surface area contributed by atoms with Crippen LogP contribution in [-0.2, 0) is 0 Å². The summed E-state index contributed by atoms with van der Waals surface area (Å²) < 4.78 is 26.9. The van der Waals surface area contributed by atoms with Crippen LogP contribution in [0.4, 0.5) is 13.6 Å². The molecule has 0 aliphatic carbocycles. The molecule has 1 atom stereocenters. The van der Waals surface area contributed by atoms with Crippen LogP contribution in [0, 0.1) is 11.6 Å². The van der Waals surface area contributed by atoms with Crippen molar-refractivity contribution in [1.82, 2.24) is 10.6 Å². The van der Waals surface area contributed by atoms with Crippen LogP contribution in [0.2, 0.25) is 0 Å². The van der Waals surface area contributed by atoms with E-state index in [0.29, 0.717) is 13.0 Å². The molecule has 0 fully saturated rings. The van der Waals surface area contributed by atoms with Gasteiger partial charge >= 0.3 is 6.03 Å². The van der Waals surface area contributed by atoms with Gasteiger partial charge in [0.25, 0.3) is 5.91 Å². The van der Waals surface area contributed by atoms with Gasteiger partial charge in [0.15, 0.2) is 0 Å². The Morgan fingerprint density at radius 1 is 1.12 bits per heavy atom. The number of urea groups is 1. The van der Waals surface area contributed by atoms with Gasteiger partial charge in [-0.25, -0.2) is 13.6 Å². The van der Waals surface area contributed by atoms with Crippen molar-refractivity contribution in [1.29, 1.82) is 0 Å². The van der Waals surface area contributed by atoms with E-state index in [1.54, 1.807) is 0 Å². The minimum atomic E-state index is -1.11. The standard InChI is InChI=1S/C17H23ClF2N2O2/c1-2-3-4-7-12(18)8-6-11-21-17(24)22-16(23)15-13(19)9-5-10-14(15)20/h5,9-10,12H,2-4,6-8,11H2,1H3,(H2,21,22,23,24). The molecule has 1 aromatic rings. The second kappa shape index (κ2) is 11.0. The second-order valence-corrected chi connectivity index (χ2v) is 6.16. The van der Waals surface area contributed by atoms with E-state index in [1.807, 2.05) is 5.32 Å². The predicted molar refractivity (Wildman–Crippen MR) is 90.2 cm³/mol. The molecule has 1 rings (SSSR count). The lowest BCUT2D eigenvalue weighted by Gasteiger charge is -2.10. The average molecular weight is 361 g/mol. The summed E-state index contributed by atoms with van der Waals surface area (Å²) in [6.07, 6.45) is 5.73. The molecule has 0 aliphatic rings. The van der Waals surface area contributed by atoms with Crippen molar-refractivity contribution in [2.24, 2.45) is 0 Å². The molecular weight excluding hydrogens is 338 g/mol. The topological polar surface area (TPSA) is 58.2 Å². The number of hydrogen-bond acceptors (Lipinski definition) is 2. The van der Waals surface area contributed by atoms with Crippen molar-refractivity contribution in [2.45, 2.75) is 50.8 Å². The molecule has 134 valence electrons. The summed E-state index contributed by atoms with van der Waals surface area (Å²) in [5, 5.41) is 4.44. The number of imide groups is 1. The molecule has 0 aromatic heterocycles. The predicted octanol–water partition coefficient (Wildman–Crippen LogP) is 4.37. The summed E-state index contributed by atoms with van der Waals surface area (Å²) in [5.74, 6) is -3.15. The molecule has 0 radical (unpaired) electrons. The van der Waals surface area contributed by atoms with E-state index >= 15 is 0 Å². The highest BCUT2D eigenvalue weighted by atomic mass is 35.5. The minimum absolute atomic E-state index is 0.0653. The van der Waals surface area contributed by atoms with Gasteiger partial charge < -0.3 is 5.32 Å². The largest absolute Gasteiger partial charge is 0.338 e. The molecule has 0 aliphatic heterocycles. The van der Waals surface area contributed by atoms with Gasteiger partial charge in [-0.15, -0.1) is 11.6 Å². The number of nitrogens with one attached hydrogen (secondary N) is 2. The Labute approximate surface area is 146 Å². The lowest BCUT2D eigenvalue weighted by atomic mass is 10.1. The zero-order chi connectivity index (χ0) is 17.9. The molecule has 24 heavy (non-hydrogen) atoms. The highest BCUT2D eigenvalue weighted by Crippen LogP contribution is 2.14. The number of unbranched alkanes of at least 4 members (excludes halogenated alkanes) is 2. The van der Waals surface area contributed by atoms with Crippen molar-refractivity contribution in [2.75, 3.05) is 6.54 Å². The molecule has 2 N–H and O–H groups in total. The van der Waals surface area contributed by atoms with Crippen molar-refractivity contribution in [3.63, 3.8) is 0 Å². The van der Waals surface area contributed by atoms with Gasteiger partial charge in [0.2, 0.25) is 0 Å². The number of amides is 3. The number of benzene rings is 1. The van der Waals surface area contributed by atoms with Crippen LogP contribution in [0.5, 0.6) is 0 Å². The third kappa shape index (κ3) is 7.25. The second-order valence-electron chi connectivity index (χ2n) is 5.54. The Bertz CT molecular complexity index is 535. The number of carbonyl (C=O) groups excluding carboxylic acids is 2. The molecule has 1 aromatic carbocycles. The Hall–Kier alpha value is -1.69. The fraction of sp³-hybridized carbons (Fsp3) is 0.529. The van der Waals surface area contributed by atoms with Gasteiger partial charge in [-0.05, 0) is 31.4 Å². The first-order chi connectivity index (χ1) is 11.5. The maximum Gasteiger partial charge on any atom is 0.321 e. The van der Waals surface area contributed by atoms with Gasteiger partial charge in [-0.2, -0.15) is 0 Å². The molecule has 0 heterocycles. The van der Waals surface area contributed by atoms with Crippen molar-refractivity contribution >= 4 is 23.5 Å². The van der Waals surface area contributed by atoms with E-state index in [2.05, 4.69) is 12.2 Å². The summed E-state index contributed by atoms with van der Waals surface area (Å²) in [6, 6.07) is 2.26. The summed E-state index contributed by atoms with van der Waals surface area (Å²) in [5.41, 5.74) is -0.774. The van der Waals surface area contributed by atoms with E-state index in [0.717, 1.165) is 50.3 Å². The Morgan fingerprint density at radius 3 is 2.38 bits per heavy atom. The lowest BCUT2D eigenvalue weighted by molar-refractivity contribution is 0.0956. The summed E-state index contributed by atoms with van der Waals surface area (Å²) in [4.78, 5) is 23.3. The van der Waals surface area contributed by atoms with Crippen molar-refractivity contribution in [3.8, 4) is 0 Å². The molecular formula is C17H23ClF2N2O2. The van der Waals surface area contributed by atoms with Crippen molar-refractivity contribution in [3.05, 3.63) is 35.4 Å². The molecule has 0 bridgehead atoms. The number of carbonyl (C=O) groups is 2. The molecule has 1 unspecified atom stereocenters. The van der Waals surface area contributed by atoms with Crippen LogP contribution >= 0.6 is 11.6 Å². The molecule has 0 saturated heterocycles. The molecule has 4 nitrogen and oxygen atoms in total. The Balaban J connectivity index is 2.28. The van der Waals surface area contributed by atoms with E-state index in [4.69, 9.17) is 11.6 Å². The minimum Gasteiger partial charge on any atom is -0.338 e. The van der Waals surface area contributed by atoms with Gasteiger partial charge in [0, 0.05) is 11.9 Å². The van der Waals surface area contributed by atoms with Gasteiger partial charge in [-0.1, -0.05) is 32.3 Å². The fourth-order valence-electron chi connectivity index (χ4n) is 2.21. The van der Waals surface area contributed by atoms with Gasteiger partial charge in [-0.3, -0.25) is 10.1 Å². The number of rotatable bonds is 9.